The second kappa shape index (κ2) is 10.4. The predicted molar refractivity (Wildman–Crippen MR) is 80.5 cm³/mol. The summed E-state index contributed by atoms with van der Waals surface area (Å²) >= 11 is 0. The topological polar surface area (TPSA) is 78.9 Å². The normalized spacial score (nSPS) is 12.3. The molecule has 21 heavy (non-hydrogen) atoms. The van der Waals surface area contributed by atoms with Crippen molar-refractivity contribution in [1.29, 1.82) is 0 Å². The Morgan fingerprint density at radius 3 is 2.10 bits per heavy atom. The van der Waals surface area contributed by atoms with Crippen LogP contribution in [0.2, 0.25) is 0 Å². The van der Waals surface area contributed by atoms with Crippen molar-refractivity contribution >= 4 is 19.3 Å². The average Bonchev–Trinajstić information content (AvgIpc) is 2.49. The van der Waals surface area contributed by atoms with Crippen molar-refractivity contribution < 1.29 is 28.2 Å². The van der Waals surface area contributed by atoms with Gasteiger partial charge in [0.2, 0.25) is 7.37 Å². The van der Waals surface area contributed by atoms with Crippen LogP contribution in [0.4, 0.5) is 0 Å². The van der Waals surface area contributed by atoms with Crippen LogP contribution in [0, 0.1) is 0 Å². The van der Waals surface area contributed by atoms with Crippen LogP contribution in [-0.4, -0.2) is 43.6 Å². The molecule has 0 amide bonds. The average molecular weight is 318 g/mol. The first-order valence-electron chi connectivity index (χ1n) is 6.72. The summed E-state index contributed by atoms with van der Waals surface area (Å²) in [5, 5.41) is 0. The Morgan fingerprint density at radius 2 is 1.62 bits per heavy atom. The number of hydrogen-bond donors (Lipinski definition) is 0. The van der Waals surface area contributed by atoms with Crippen molar-refractivity contribution in [2.24, 2.45) is 0 Å². The Labute approximate surface area is 125 Å². The lowest BCUT2D eigenvalue weighted by Crippen LogP contribution is -2.30. The van der Waals surface area contributed by atoms with Crippen molar-refractivity contribution in [1.82, 2.24) is 0 Å². The molecule has 0 aliphatic heterocycles. The van der Waals surface area contributed by atoms with E-state index >= 15 is 0 Å². The zero-order valence-corrected chi connectivity index (χ0v) is 13.5. The summed E-state index contributed by atoms with van der Waals surface area (Å²) in [4.78, 5) is 23.5. The standard InChI is InChI=1S/C14H23O6P/c1-5-9-18-13(15)11-12(14(16)19-10-6-2)20-21(17,7-3)8-4/h5-6,12H,1-2,7-11H2,3-4H3. The van der Waals surface area contributed by atoms with Crippen LogP contribution in [0.25, 0.3) is 0 Å². The van der Waals surface area contributed by atoms with E-state index in [1.807, 2.05) is 0 Å². The lowest BCUT2D eigenvalue weighted by atomic mass is 10.2. The third kappa shape index (κ3) is 7.83. The molecule has 7 heteroatoms. The number of carbonyl (C=O) groups is 2. The minimum atomic E-state index is -2.96. The first-order valence-corrected chi connectivity index (χ1v) is 8.72. The molecule has 0 bridgehead atoms. The molecule has 0 saturated heterocycles. The highest BCUT2D eigenvalue weighted by atomic mass is 31.2. The highest BCUT2D eigenvalue weighted by molar-refractivity contribution is 7.58. The molecule has 0 aromatic rings. The summed E-state index contributed by atoms with van der Waals surface area (Å²) in [6, 6.07) is 0. The lowest BCUT2D eigenvalue weighted by Gasteiger charge is -2.21. The van der Waals surface area contributed by atoms with Gasteiger partial charge in [-0.25, -0.2) is 4.79 Å². The van der Waals surface area contributed by atoms with Gasteiger partial charge in [-0.15, -0.1) is 0 Å². The zero-order valence-electron chi connectivity index (χ0n) is 12.6. The predicted octanol–water partition coefficient (Wildman–Crippen LogP) is 2.54. The van der Waals surface area contributed by atoms with Crippen LogP contribution in [0.15, 0.2) is 25.3 Å². The number of esters is 2. The maximum absolute atomic E-state index is 12.3. The maximum Gasteiger partial charge on any atom is 0.336 e. The van der Waals surface area contributed by atoms with Gasteiger partial charge in [0.25, 0.3) is 0 Å². The third-order valence-electron chi connectivity index (χ3n) is 2.60. The second-order valence-corrected chi connectivity index (χ2v) is 7.24. The number of hydrogen-bond acceptors (Lipinski definition) is 6. The summed E-state index contributed by atoms with van der Waals surface area (Å²) < 4.78 is 27.3. The smallest absolute Gasteiger partial charge is 0.336 e. The van der Waals surface area contributed by atoms with E-state index in [2.05, 4.69) is 13.2 Å². The van der Waals surface area contributed by atoms with Crippen LogP contribution in [0.1, 0.15) is 20.3 Å². The molecule has 0 aliphatic carbocycles. The van der Waals surface area contributed by atoms with Gasteiger partial charge in [0.05, 0.1) is 6.42 Å². The van der Waals surface area contributed by atoms with E-state index < -0.39 is 25.4 Å². The largest absolute Gasteiger partial charge is 0.461 e. The number of rotatable bonds is 11. The first kappa shape index (κ1) is 19.6. The van der Waals surface area contributed by atoms with Crippen molar-refractivity contribution in [3.63, 3.8) is 0 Å². The molecule has 0 heterocycles. The summed E-state index contributed by atoms with van der Waals surface area (Å²) in [5.41, 5.74) is 0. The van der Waals surface area contributed by atoms with Crippen LogP contribution in [-0.2, 0) is 28.2 Å². The molecule has 0 N–H and O–H groups in total. The molecule has 0 fully saturated rings. The Balaban J connectivity index is 4.87. The number of carbonyl (C=O) groups excluding carboxylic acids is 2. The molecule has 0 radical (unpaired) electrons. The molecule has 0 aliphatic rings. The Morgan fingerprint density at radius 1 is 1.10 bits per heavy atom. The summed E-state index contributed by atoms with van der Waals surface area (Å²) in [6.45, 7) is 10.3. The molecule has 0 spiro atoms. The van der Waals surface area contributed by atoms with Crippen LogP contribution < -0.4 is 0 Å². The first-order chi connectivity index (χ1) is 9.92. The van der Waals surface area contributed by atoms with Crippen LogP contribution in [0.5, 0.6) is 0 Å². The van der Waals surface area contributed by atoms with Gasteiger partial charge in [0, 0.05) is 12.3 Å². The van der Waals surface area contributed by atoms with E-state index in [-0.39, 0.29) is 32.0 Å². The van der Waals surface area contributed by atoms with Gasteiger partial charge >= 0.3 is 11.9 Å². The van der Waals surface area contributed by atoms with E-state index in [9.17, 15) is 14.2 Å². The fraction of sp³-hybridized carbons (Fsp3) is 0.571. The highest BCUT2D eigenvalue weighted by Gasteiger charge is 2.32. The fourth-order valence-electron chi connectivity index (χ4n) is 1.36. The van der Waals surface area contributed by atoms with Gasteiger partial charge in [0.1, 0.15) is 13.2 Å². The summed E-state index contributed by atoms with van der Waals surface area (Å²) in [5.74, 6) is -1.40. The van der Waals surface area contributed by atoms with Gasteiger partial charge in [0.15, 0.2) is 6.10 Å². The SMILES string of the molecule is C=CCOC(=O)CC(OP(=O)(CC)CC)C(=O)OCC=C. The molecule has 0 aromatic heterocycles. The molecule has 1 atom stereocenters. The van der Waals surface area contributed by atoms with Gasteiger partial charge < -0.3 is 14.0 Å². The van der Waals surface area contributed by atoms with Crippen molar-refractivity contribution in [3.8, 4) is 0 Å². The van der Waals surface area contributed by atoms with Gasteiger partial charge in [-0.3, -0.25) is 9.36 Å². The zero-order chi connectivity index (χ0) is 16.3. The molecule has 120 valence electrons. The Bertz CT molecular complexity index is 410. The molecule has 0 aromatic carbocycles. The van der Waals surface area contributed by atoms with E-state index in [0.717, 1.165) is 0 Å². The maximum atomic E-state index is 12.3. The van der Waals surface area contributed by atoms with E-state index in [4.69, 9.17) is 14.0 Å². The van der Waals surface area contributed by atoms with Gasteiger partial charge in [-0.2, -0.15) is 0 Å². The van der Waals surface area contributed by atoms with Crippen molar-refractivity contribution in [2.75, 3.05) is 25.5 Å². The second-order valence-electron chi connectivity index (χ2n) is 4.14. The van der Waals surface area contributed by atoms with E-state index in [0.29, 0.717) is 0 Å². The highest BCUT2D eigenvalue weighted by Crippen LogP contribution is 2.47. The summed E-state index contributed by atoms with van der Waals surface area (Å²) in [6.07, 6.45) is 1.76. The number of ether oxygens (including phenoxy) is 2. The molecular formula is C14H23O6P. The molecular weight excluding hydrogens is 295 g/mol. The van der Waals surface area contributed by atoms with Crippen LogP contribution in [0.3, 0.4) is 0 Å². The van der Waals surface area contributed by atoms with Crippen molar-refractivity contribution in [2.45, 2.75) is 26.4 Å². The lowest BCUT2D eigenvalue weighted by molar-refractivity contribution is -0.157. The van der Waals surface area contributed by atoms with E-state index in [1.165, 1.54) is 12.2 Å². The van der Waals surface area contributed by atoms with E-state index in [1.54, 1.807) is 13.8 Å². The minimum Gasteiger partial charge on any atom is -0.461 e. The Kier molecular flexibility index (Phi) is 9.67. The third-order valence-corrected chi connectivity index (χ3v) is 5.17. The van der Waals surface area contributed by atoms with Crippen LogP contribution >= 0.6 is 7.37 Å². The minimum absolute atomic E-state index is 0.0110. The van der Waals surface area contributed by atoms with Crippen molar-refractivity contribution in [3.05, 3.63) is 25.3 Å². The molecule has 0 saturated carbocycles. The molecule has 6 nitrogen and oxygen atoms in total. The molecule has 1 unspecified atom stereocenters. The Hall–Kier alpha value is -1.39. The summed E-state index contributed by atoms with van der Waals surface area (Å²) in [7, 11) is -2.96. The van der Waals surface area contributed by atoms with Gasteiger partial charge in [-0.05, 0) is 0 Å². The quantitative estimate of drug-likeness (QED) is 0.331. The monoisotopic (exact) mass is 318 g/mol. The fourth-order valence-corrected chi connectivity index (χ4v) is 2.73. The van der Waals surface area contributed by atoms with Gasteiger partial charge in [-0.1, -0.05) is 39.2 Å². The molecule has 0 rings (SSSR count).